The Balaban J connectivity index is 4.17. The molecule has 380 valence electrons. The zero-order valence-electron chi connectivity index (χ0n) is 43.8. The monoisotopic (exact) mass is 905 g/mol. The average molecular weight is 906 g/mol. The lowest BCUT2D eigenvalue weighted by Gasteiger charge is -2.18. The Labute approximate surface area is 399 Å². The third-order valence-electron chi connectivity index (χ3n) is 13.7. The maximum Gasteiger partial charge on any atom is 0.306 e. The molecule has 0 aromatic carbocycles. The fourth-order valence-corrected chi connectivity index (χ4v) is 8.89. The molecule has 6 nitrogen and oxygen atoms in total. The van der Waals surface area contributed by atoms with Gasteiger partial charge >= 0.3 is 17.9 Å². The van der Waals surface area contributed by atoms with Crippen molar-refractivity contribution in [1.82, 2.24) is 0 Å². The normalized spacial score (nSPS) is 12.4. The van der Waals surface area contributed by atoms with Crippen molar-refractivity contribution >= 4 is 17.9 Å². The standard InChI is InChI=1S/C58H112O6/c1-5-8-10-12-14-16-18-19-27-30-34-37-41-45-49-56(59)62-52-55(64-58(61)51-47-43-39-33-17-15-13-11-9-6-2)53-63-57(60)50-46-42-38-35-31-28-25-23-21-20-22-24-26-29-32-36-40-44-48-54(4)7-3/h54-55H,5-53H2,1-4H3/t54?,55-/m1/s1. The van der Waals surface area contributed by atoms with Gasteiger partial charge in [-0.05, 0) is 25.2 Å². The molecule has 0 aromatic rings. The zero-order chi connectivity index (χ0) is 46.7. The molecule has 0 N–H and O–H groups in total. The second kappa shape index (κ2) is 52.4. The first-order chi connectivity index (χ1) is 31.4. The highest BCUT2D eigenvalue weighted by molar-refractivity contribution is 5.71. The lowest BCUT2D eigenvalue weighted by molar-refractivity contribution is -0.167. The molecule has 0 aliphatic heterocycles. The number of ether oxygens (including phenoxy) is 3. The highest BCUT2D eigenvalue weighted by atomic mass is 16.6. The molecule has 6 heteroatoms. The summed E-state index contributed by atoms with van der Waals surface area (Å²) in [6, 6.07) is 0. The van der Waals surface area contributed by atoms with Crippen LogP contribution in [0.4, 0.5) is 0 Å². The van der Waals surface area contributed by atoms with Crippen LogP contribution in [0.1, 0.15) is 329 Å². The Hall–Kier alpha value is -1.59. The Morgan fingerprint density at radius 3 is 0.812 bits per heavy atom. The van der Waals surface area contributed by atoms with Crippen molar-refractivity contribution < 1.29 is 28.6 Å². The molecule has 0 spiro atoms. The Morgan fingerprint density at radius 2 is 0.547 bits per heavy atom. The van der Waals surface area contributed by atoms with E-state index in [1.807, 2.05) is 0 Å². The third kappa shape index (κ3) is 49.8. The van der Waals surface area contributed by atoms with Gasteiger partial charge < -0.3 is 14.2 Å². The number of esters is 3. The molecule has 64 heavy (non-hydrogen) atoms. The van der Waals surface area contributed by atoms with Crippen molar-refractivity contribution in [3.05, 3.63) is 0 Å². The second-order valence-electron chi connectivity index (χ2n) is 20.2. The van der Waals surface area contributed by atoms with Crippen LogP contribution in [-0.4, -0.2) is 37.2 Å². The van der Waals surface area contributed by atoms with Gasteiger partial charge in [0, 0.05) is 19.3 Å². The molecule has 0 rings (SSSR count). The maximum absolute atomic E-state index is 12.8. The highest BCUT2D eigenvalue weighted by Gasteiger charge is 2.19. The van der Waals surface area contributed by atoms with E-state index in [9.17, 15) is 14.4 Å². The van der Waals surface area contributed by atoms with Gasteiger partial charge in [0.05, 0.1) is 0 Å². The summed E-state index contributed by atoms with van der Waals surface area (Å²) in [5, 5.41) is 0. The summed E-state index contributed by atoms with van der Waals surface area (Å²) < 4.78 is 16.8. The molecule has 0 saturated carbocycles. The van der Waals surface area contributed by atoms with Crippen LogP contribution in [-0.2, 0) is 28.6 Å². The van der Waals surface area contributed by atoms with Gasteiger partial charge in [-0.2, -0.15) is 0 Å². The van der Waals surface area contributed by atoms with Gasteiger partial charge in [0.25, 0.3) is 0 Å². The van der Waals surface area contributed by atoms with E-state index in [2.05, 4.69) is 27.7 Å². The van der Waals surface area contributed by atoms with E-state index < -0.39 is 6.10 Å². The van der Waals surface area contributed by atoms with Crippen LogP contribution in [0, 0.1) is 5.92 Å². The topological polar surface area (TPSA) is 78.9 Å². The SMILES string of the molecule is CCCCCCCCCCCCCCCCC(=O)OC[C@H](COC(=O)CCCCCCCCCCCCCCCCCCCCC(C)CC)OC(=O)CCCCCCCCCCCC. The van der Waals surface area contributed by atoms with Gasteiger partial charge in [0.15, 0.2) is 6.10 Å². The quantitative estimate of drug-likeness (QED) is 0.0344. The van der Waals surface area contributed by atoms with Gasteiger partial charge in [0.1, 0.15) is 13.2 Å². The number of carbonyl (C=O) groups is 3. The molecule has 0 aliphatic carbocycles. The predicted molar refractivity (Wildman–Crippen MR) is 275 cm³/mol. The predicted octanol–water partition coefficient (Wildman–Crippen LogP) is 19.0. The minimum atomic E-state index is -0.760. The first-order valence-corrected chi connectivity index (χ1v) is 28.9. The highest BCUT2D eigenvalue weighted by Crippen LogP contribution is 2.18. The summed E-state index contributed by atoms with van der Waals surface area (Å²) in [7, 11) is 0. The molecule has 0 radical (unpaired) electrons. The van der Waals surface area contributed by atoms with E-state index in [4.69, 9.17) is 14.2 Å². The largest absolute Gasteiger partial charge is 0.462 e. The van der Waals surface area contributed by atoms with Crippen LogP contribution in [0.15, 0.2) is 0 Å². The minimum absolute atomic E-state index is 0.0620. The molecule has 0 bridgehead atoms. The Kier molecular flexibility index (Phi) is 51.1. The van der Waals surface area contributed by atoms with Gasteiger partial charge in [-0.1, -0.05) is 291 Å². The summed E-state index contributed by atoms with van der Waals surface area (Å²) in [6.07, 6.45) is 56.6. The first-order valence-electron chi connectivity index (χ1n) is 28.9. The molecule has 0 saturated heterocycles. The third-order valence-corrected chi connectivity index (χ3v) is 13.7. The van der Waals surface area contributed by atoms with E-state index in [-0.39, 0.29) is 31.1 Å². The van der Waals surface area contributed by atoms with Gasteiger partial charge in [-0.25, -0.2) is 0 Å². The average Bonchev–Trinajstić information content (AvgIpc) is 3.29. The molecule has 0 aliphatic rings. The summed E-state index contributed by atoms with van der Waals surface area (Å²) in [5.74, 6) is 0.0718. The van der Waals surface area contributed by atoms with Crippen LogP contribution < -0.4 is 0 Å². The van der Waals surface area contributed by atoms with Crippen molar-refractivity contribution in [2.24, 2.45) is 5.92 Å². The zero-order valence-corrected chi connectivity index (χ0v) is 43.8. The molecular formula is C58H112O6. The van der Waals surface area contributed by atoms with Crippen molar-refractivity contribution in [2.45, 2.75) is 336 Å². The van der Waals surface area contributed by atoms with E-state index in [1.54, 1.807) is 0 Å². The van der Waals surface area contributed by atoms with Crippen molar-refractivity contribution in [3.8, 4) is 0 Å². The van der Waals surface area contributed by atoms with Crippen LogP contribution >= 0.6 is 0 Å². The van der Waals surface area contributed by atoms with Gasteiger partial charge in [0.2, 0.25) is 0 Å². The van der Waals surface area contributed by atoms with E-state index in [0.717, 1.165) is 63.7 Å². The smallest absolute Gasteiger partial charge is 0.306 e. The Morgan fingerprint density at radius 1 is 0.312 bits per heavy atom. The molecule has 0 aromatic heterocycles. The number of unbranched alkanes of at least 4 members (excludes halogenated alkanes) is 39. The van der Waals surface area contributed by atoms with Crippen LogP contribution in [0.5, 0.6) is 0 Å². The summed E-state index contributed by atoms with van der Waals surface area (Å²) in [5.41, 5.74) is 0. The fourth-order valence-electron chi connectivity index (χ4n) is 8.89. The van der Waals surface area contributed by atoms with E-state index in [0.29, 0.717) is 19.3 Å². The van der Waals surface area contributed by atoms with Crippen molar-refractivity contribution in [2.75, 3.05) is 13.2 Å². The number of rotatable bonds is 53. The van der Waals surface area contributed by atoms with Crippen molar-refractivity contribution in [3.63, 3.8) is 0 Å². The molecule has 0 amide bonds. The number of hydrogen-bond acceptors (Lipinski definition) is 6. The van der Waals surface area contributed by atoms with Crippen molar-refractivity contribution in [1.29, 1.82) is 0 Å². The van der Waals surface area contributed by atoms with Crippen LogP contribution in [0.2, 0.25) is 0 Å². The molecule has 0 fully saturated rings. The minimum Gasteiger partial charge on any atom is -0.462 e. The molecule has 1 unspecified atom stereocenters. The lowest BCUT2D eigenvalue weighted by atomic mass is 9.99. The maximum atomic E-state index is 12.8. The van der Waals surface area contributed by atoms with E-state index in [1.165, 1.54) is 225 Å². The van der Waals surface area contributed by atoms with Crippen LogP contribution in [0.25, 0.3) is 0 Å². The molecule has 2 atom stereocenters. The first kappa shape index (κ1) is 62.4. The summed E-state index contributed by atoms with van der Waals surface area (Å²) in [4.78, 5) is 38.0. The lowest BCUT2D eigenvalue weighted by Crippen LogP contribution is -2.30. The van der Waals surface area contributed by atoms with E-state index >= 15 is 0 Å². The number of hydrogen-bond donors (Lipinski definition) is 0. The summed E-state index contributed by atoms with van der Waals surface area (Å²) >= 11 is 0. The second-order valence-corrected chi connectivity index (χ2v) is 20.2. The molecular weight excluding hydrogens is 793 g/mol. The van der Waals surface area contributed by atoms with Crippen LogP contribution in [0.3, 0.4) is 0 Å². The Bertz CT molecular complexity index is 966. The molecule has 0 heterocycles. The van der Waals surface area contributed by atoms with Gasteiger partial charge in [-0.3, -0.25) is 14.4 Å². The van der Waals surface area contributed by atoms with Gasteiger partial charge in [-0.15, -0.1) is 0 Å². The fraction of sp³-hybridized carbons (Fsp3) is 0.948. The number of carbonyl (C=O) groups excluding carboxylic acids is 3. The summed E-state index contributed by atoms with van der Waals surface area (Å²) in [6.45, 7) is 9.09.